The van der Waals surface area contributed by atoms with Gasteiger partial charge in [0.05, 0.1) is 4.90 Å². The molecule has 0 fully saturated rings. The Morgan fingerprint density at radius 3 is 2.44 bits per heavy atom. The fourth-order valence-corrected chi connectivity index (χ4v) is 3.09. The molecule has 0 aliphatic rings. The Morgan fingerprint density at radius 2 is 1.94 bits per heavy atom. The molecule has 0 aliphatic carbocycles. The highest BCUT2D eigenvalue weighted by atomic mass is 79.9. The van der Waals surface area contributed by atoms with Gasteiger partial charge in [0, 0.05) is 18.9 Å². The van der Waals surface area contributed by atoms with Gasteiger partial charge in [-0.3, -0.25) is 0 Å². The maximum atomic E-state index is 12.2. The highest BCUT2D eigenvalue weighted by Crippen LogP contribution is 2.16. The van der Waals surface area contributed by atoms with Crippen molar-refractivity contribution < 1.29 is 8.42 Å². The number of unbranched alkanes of at least 4 members (excludes halogenated alkanes) is 1. The summed E-state index contributed by atoms with van der Waals surface area (Å²) in [5, 5.41) is 0.725. The average molecular weight is 332 g/mol. The van der Waals surface area contributed by atoms with Crippen LogP contribution in [0.15, 0.2) is 41.8 Å². The molecule has 3 nitrogen and oxygen atoms in total. The van der Waals surface area contributed by atoms with Crippen LogP contribution < -0.4 is 0 Å². The van der Waals surface area contributed by atoms with Crippen LogP contribution in [0.4, 0.5) is 0 Å². The summed E-state index contributed by atoms with van der Waals surface area (Å²) < 4.78 is 25.8. The quantitative estimate of drug-likeness (QED) is 0.437. The molecule has 0 aliphatic heterocycles. The number of rotatable bonds is 7. The van der Waals surface area contributed by atoms with Crippen LogP contribution in [-0.4, -0.2) is 26.3 Å². The van der Waals surface area contributed by atoms with Gasteiger partial charge in [0.1, 0.15) is 0 Å². The molecule has 5 heteroatoms. The first-order valence-electron chi connectivity index (χ1n) is 5.74. The number of sulfonamides is 1. The van der Waals surface area contributed by atoms with Crippen LogP contribution in [0.5, 0.6) is 0 Å². The monoisotopic (exact) mass is 331 g/mol. The second-order valence-electron chi connectivity index (χ2n) is 4.04. The number of allylic oxidation sites excluding steroid dienone is 1. The Kier molecular flexibility index (Phi) is 6.05. The van der Waals surface area contributed by atoms with Crippen LogP contribution in [-0.2, 0) is 15.4 Å². The van der Waals surface area contributed by atoms with Gasteiger partial charge in [-0.15, -0.1) is 6.58 Å². The average Bonchev–Trinajstić information content (AvgIpc) is 2.39. The lowest BCUT2D eigenvalue weighted by Gasteiger charge is -2.16. The smallest absolute Gasteiger partial charge is 0.207 e. The summed E-state index contributed by atoms with van der Waals surface area (Å²) in [6.07, 6.45) is 3.41. The Balaban J connectivity index is 2.80. The zero-order valence-electron chi connectivity index (χ0n) is 10.5. The van der Waals surface area contributed by atoms with Crippen molar-refractivity contribution >= 4 is 26.0 Å². The molecule has 0 saturated carbocycles. The van der Waals surface area contributed by atoms with E-state index in [1.807, 2.05) is 12.1 Å². The van der Waals surface area contributed by atoms with Gasteiger partial charge in [0.2, 0.25) is 10.0 Å². The molecule has 0 aromatic heterocycles. The first-order chi connectivity index (χ1) is 8.52. The molecular formula is C13H18BrNO2S. The minimum absolute atomic E-state index is 0.341. The lowest BCUT2D eigenvalue weighted by molar-refractivity contribution is 0.463. The van der Waals surface area contributed by atoms with Crippen molar-refractivity contribution in [3.63, 3.8) is 0 Å². The van der Waals surface area contributed by atoms with Crippen LogP contribution in [0.2, 0.25) is 0 Å². The minimum atomic E-state index is -3.36. The van der Waals surface area contributed by atoms with E-state index in [4.69, 9.17) is 0 Å². The first kappa shape index (κ1) is 15.4. The predicted molar refractivity (Wildman–Crippen MR) is 78.3 cm³/mol. The number of benzene rings is 1. The second kappa shape index (κ2) is 7.07. The van der Waals surface area contributed by atoms with Gasteiger partial charge in [-0.1, -0.05) is 34.1 Å². The molecule has 18 heavy (non-hydrogen) atoms. The normalized spacial score (nSPS) is 11.7. The predicted octanol–water partition coefficient (Wildman–Crippen LogP) is 3.17. The fourth-order valence-electron chi connectivity index (χ4n) is 1.51. The van der Waals surface area contributed by atoms with Gasteiger partial charge in [-0.2, -0.15) is 0 Å². The number of halogens is 1. The number of alkyl halides is 1. The van der Waals surface area contributed by atoms with Gasteiger partial charge in [-0.25, -0.2) is 12.7 Å². The third-order valence-electron chi connectivity index (χ3n) is 2.67. The third kappa shape index (κ3) is 3.93. The molecule has 100 valence electrons. The van der Waals surface area contributed by atoms with Crippen LogP contribution in [0.1, 0.15) is 18.4 Å². The van der Waals surface area contributed by atoms with E-state index in [9.17, 15) is 8.42 Å². The topological polar surface area (TPSA) is 37.4 Å². The van der Waals surface area contributed by atoms with Crippen molar-refractivity contribution in [3.8, 4) is 0 Å². The molecule has 0 spiro atoms. The van der Waals surface area contributed by atoms with E-state index in [0.717, 1.165) is 23.7 Å². The summed E-state index contributed by atoms with van der Waals surface area (Å²) in [4.78, 5) is 0.341. The molecule has 1 aromatic rings. The van der Waals surface area contributed by atoms with Crippen LogP contribution in [0, 0.1) is 0 Å². The lowest BCUT2D eigenvalue weighted by Crippen LogP contribution is -2.27. The van der Waals surface area contributed by atoms with E-state index in [1.54, 1.807) is 25.3 Å². The van der Waals surface area contributed by atoms with Crippen molar-refractivity contribution in [2.24, 2.45) is 0 Å². The molecule has 0 heterocycles. The summed E-state index contributed by atoms with van der Waals surface area (Å²) in [5.41, 5.74) is 1.06. The van der Waals surface area contributed by atoms with Crippen molar-refractivity contribution in [1.82, 2.24) is 4.31 Å². The van der Waals surface area contributed by atoms with Gasteiger partial charge in [-0.05, 0) is 30.5 Å². The summed E-state index contributed by atoms with van der Waals surface area (Å²) in [7, 11) is -1.75. The second-order valence-corrected chi connectivity index (χ2v) is 6.64. The van der Waals surface area contributed by atoms with E-state index in [2.05, 4.69) is 22.5 Å². The minimum Gasteiger partial charge on any atom is -0.207 e. The summed E-state index contributed by atoms with van der Waals surface area (Å²) in [6, 6.07) is 6.93. The van der Waals surface area contributed by atoms with E-state index in [0.29, 0.717) is 11.4 Å². The number of hydrogen-bond donors (Lipinski definition) is 0. The molecular weight excluding hydrogens is 314 g/mol. The molecule has 0 unspecified atom stereocenters. The highest BCUT2D eigenvalue weighted by molar-refractivity contribution is 9.08. The Morgan fingerprint density at radius 1 is 1.33 bits per heavy atom. The van der Waals surface area contributed by atoms with Crippen molar-refractivity contribution in [2.75, 3.05) is 13.6 Å². The third-order valence-corrected chi connectivity index (χ3v) is 5.19. The molecule has 0 bridgehead atoms. The fraction of sp³-hybridized carbons (Fsp3) is 0.385. The zero-order chi connectivity index (χ0) is 13.6. The molecule has 0 amide bonds. The number of nitrogens with zero attached hydrogens (tertiary/aromatic N) is 1. The van der Waals surface area contributed by atoms with E-state index >= 15 is 0 Å². The molecule has 0 saturated heterocycles. The van der Waals surface area contributed by atoms with Crippen LogP contribution in [0.3, 0.4) is 0 Å². The molecule has 1 rings (SSSR count). The molecule has 0 N–H and O–H groups in total. The maximum absolute atomic E-state index is 12.2. The van der Waals surface area contributed by atoms with Gasteiger partial charge < -0.3 is 0 Å². The van der Waals surface area contributed by atoms with Gasteiger partial charge >= 0.3 is 0 Å². The maximum Gasteiger partial charge on any atom is 0.242 e. The summed E-state index contributed by atoms with van der Waals surface area (Å²) >= 11 is 3.33. The molecule has 0 radical (unpaired) electrons. The first-order valence-corrected chi connectivity index (χ1v) is 8.30. The highest BCUT2D eigenvalue weighted by Gasteiger charge is 2.19. The van der Waals surface area contributed by atoms with Crippen LogP contribution >= 0.6 is 15.9 Å². The van der Waals surface area contributed by atoms with Crippen molar-refractivity contribution in [2.45, 2.75) is 23.1 Å². The SMILES string of the molecule is C=CCCCN(C)S(=O)(=O)c1ccc(CBr)cc1. The molecule has 0 atom stereocenters. The van der Waals surface area contributed by atoms with E-state index in [1.165, 1.54) is 4.31 Å². The van der Waals surface area contributed by atoms with Crippen molar-refractivity contribution in [1.29, 1.82) is 0 Å². The lowest BCUT2D eigenvalue weighted by atomic mass is 10.2. The summed E-state index contributed by atoms with van der Waals surface area (Å²) in [6.45, 7) is 4.13. The largest absolute Gasteiger partial charge is 0.242 e. The Labute approximate surface area is 118 Å². The molecule has 1 aromatic carbocycles. The van der Waals surface area contributed by atoms with Gasteiger partial charge in [0.15, 0.2) is 0 Å². The zero-order valence-corrected chi connectivity index (χ0v) is 12.9. The van der Waals surface area contributed by atoms with E-state index < -0.39 is 10.0 Å². The Bertz CT molecular complexity index is 482. The number of hydrogen-bond acceptors (Lipinski definition) is 2. The van der Waals surface area contributed by atoms with Crippen molar-refractivity contribution in [3.05, 3.63) is 42.5 Å². The Hall–Kier alpha value is -0.650. The van der Waals surface area contributed by atoms with Gasteiger partial charge in [0.25, 0.3) is 0 Å². The standard InChI is InChI=1S/C13H18BrNO2S/c1-3-4-5-10-15(2)18(16,17)13-8-6-12(11-14)7-9-13/h3,6-9H,1,4-5,10-11H2,2H3. The summed E-state index contributed by atoms with van der Waals surface area (Å²) in [5.74, 6) is 0. The van der Waals surface area contributed by atoms with Crippen LogP contribution in [0.25, 0.3) is 0 Å². The van der Waals surface area contributed by atoms with E-state index in [-0.39, 0.29) is 0 Å².